The van der Waals surface area contributed by atoms with Gasteiger partial charge < -0.3 is 25.5 Å². The molecule has 2 aromatic carbocycles. The lowest BCUT2D eigenvalue weighted by Crippen LogP contribution is -2.52. The number of carboxylic acid groups (broad SMARTS) is 1. The molecular weight excluding hydrogens is 853 g/mol. The Kier molecular flexibility index (Phi) is 16.0. The predicted octanol–water partition coefficient (Wildman–Crippen LogP) is 13.1. The standard InChI is InChI=1S/C30H43NO2.C20H32O3.C10H13N.2CH4/c1-29(33)15-12-23-21(18-29)8-9-25-24(23)13-16-30(2)26(25)10-11-27(30)28(32)31-17-14-22(19-31)20-6-4-3-5-7-20;1-19(23)9-7-13-12(11-19)3-4-15-14(13)8-10-20(2)16(15)5-6-17(20)18(21)22;1-2-4-9(5-3-1)10-6-7-11-8-10;;/h3-7,21-27,33H,8-19H2,1-2H3;12-17,23H,3-11H2,1-2H3,(H,21,22);1-5,10-11H,6-8H2;2*1H4/t21-,22-,23+,24-,25-,26+,27-,29-,30+;12-,13+,14-,15-,16+,17-,19-,20+;10-;;/m111../s1. The molecule has 0 radical (unpaired) electrons. The van der Waals surface area contributed by atoms with Crippen molar-refractivity contribution >= 4 is 11.9 Å². The number of aliphatic carboxylic acids is 1. The van der Waals surface area contributed by atoms with Crippen LogP contribution in [0.15, 0.2) is 60.7 Å². The fourth-order valence-corrected chi connectivity index (χ4v) is 18.8. The molecular formula is C62H96N2O5. The molecule has 10 fully saturated rings. The molecule has 18 atom stereocenters. The highest BCUT2D eigenvalue weighted by Gasteiger charge is 2.61. The molecule has 2 heterocycles. The van der Waals surface area contributed by atoms with Crippen LogP contribution < -0.4 is 5.32 Å². The Bertz CT molecular complexity index is 2020. The average Bonchev–Trinajstić information content (AvgIpc) is 4.15. The zero-order chi connectivity index (χ0) is 46.7. The number of hydrogen-bond acceptors (Lipinski definition) is 5. The van der Waals surface area contributed by atoms with Gasteiger partial charge in [-0.3, -0.25) is 9.59 Å². The Hall–Kier alpha value is -2.74. The van der Waals surface area contributed by atoms with Crippen molar-refractivity contribution in [3.63, 3.8) is 0 Å². The maximum Gasteiger partial charge on any atom is 0.307 e. The van der Waals surface area contributed by atoms with Gasteiger partial charge in [0.2, 0.25) is 5.91 Å². The van der Waals surface area contributed by atoms with E-state index >= 15 is 0 Å². The number of likely N-dealkylation sites (tertiary alicyclic amines) is 1. The Morgan fingerprint density at radius 3 is 1.51 bits per heavy atom. The molecule has 0 aromatic heterocycles. The Morgan fingerprint density at radius 2 is 1.01 bits per heavy atom. The van der Waals surface area contributed by atoms with Crippen molar-refractivity contribution in [2.24, 2.45) is 81.8 Å². The first kappa shape index (κ1) is 52.6. The summed E-state index contributed by atoms with van der Waals surface area (Å²) in [5, 5.41) is 34.1. The van der Waals surface area contributed by atoms with Gasteiger partial charge in [0.05, 0.1) is 17.1 Å². The number of carbonyl (C=O) groups excluding carboxylic acids is 1. The molecule has 0 spiro atoms. The van der Waals surface area contributed by atoms with E-state index in [-0.39, 0.29) is 37.5 Å². The number of carboxylic acids is 1. The van der Waals surface area contributed by atoms with E-state index in [1.54, 1.807) is 0 Å². The molecule has 0 bridgehead atoms. The van der Waals surface area contributed by atoms with E-state index in [2.05, 4.69) is 91.7 Å². The highest BCUT2D eigenvalue weighted by molar-refractivity contribution is 5.80. The summed E-state index contributed by atoms with van der Waals surface area (Å²) in [5.41, 5.74) is 2.24. The number of nitrogens with one attached hydrogen (secondary N) is 1. The van der Waals surface area contributed by atoms with Crippen molar-refractivity contribution < 1.29 is 24.9 Å². The summed E-state index contributed by atoms with van der Waals surface area (Å²) in [5.74, 6) is 8.96. The predicted molar refractivity (Wildman–Crippen MR) is 281 cm³/mol. The van der Waals surface area contributed by atoms with Crippen LogP contribution in [0.2, 0.25) is 0 Å². The van der Waals surface area contributed by atoms with Crippen LogP contribution in [0.3, 0.4) is 0 Å². The summed E-state index contributed by atoms with van der Waals surface area (Å²) in [4.78, 5) is 27.8. The Labute approximate surface area is 419 Å². The van der Waals surface area contributed by atoms with Crippen molar-refractivity contribution in [1.82, 2.24) is 10.2 Å². The fraction of sp³-hybridized carbons (Fsp3) is 0.774. The maximum absolute atomic E-state index is 13.8. The van der Waals surface area contributed by atoms with E-state index in [9.17, 15) is 24.9 Å². The van der Waals surface area contributed by atoms with Gasteiger partial charge in [-0.15, -0.1) is 0 Å². The van der Waals surface area contributed by atoms with Gasteiger partial charge in [-0.2, -0.15) is 0 Å². The molecule has 8 aliphatic carbocycles. The minimum atomic E-state index is -0.559. The first-order valence-electron chi connectivity index (χ1n) is 27.9. The summed E-state index contributed by atoms with van der Waals surface area (Å²) in [6.07, 6.45) is 23.2. The summed E-state index contributed by atoms with van der Waals surface area (Å²) < 4.78 is 0. The molecule has 4 N–H and O–H groups in total. The van der Waals surface area contributed by atoms with Gasteiger partial charge >= 0.3 is 5.97 Å². The lowest BCUT2D eigenvalue weighted by atomic mass is 9.49. The molecule has 2 saturated heterocycles. The highest BCUT2D eigenvalue weighted by Crippen LogP contribution is 2.66. The zero-order valence-corrected chi connectivity index (χ0v) is 41.9. The molecule has 7 nitrogen and oxygen atoms in total. The van der Waals surface area contributed by atoms with E-state index in [4.69, 9.17) is 0 Å². The summed E-state index contributed by atoms with van der Waals surface area (Å²) >= 11 is 0. The van der Waals surface area contributed by atoms with Crippen molar-refractivity contribution in [3.8, 4) is 0 Å². The number of hydrogen-bond donors (Lipinski definition) is 4. The van der Waals surface area contributed by atoms with E-state index in [1.165, 1.54) is 88.3 Å². The average molecular weight is 949 g/mol. The number of amides is 1. The number of aliphatic hydroxyl groups is 2. The van der Waals surface area contributed by atoms with Crippen LogP contribution in [-0.4, -0.2) is 69.5 Å². The molecule has 69 heavy (non-hydrogen) atoms. The first-order chi connectivity index (χ1) is 32.1. The normalized spacial score (nSPS) is 44.8. The second-order valence-corrected chi connectivity index (χ2v) is 25.8. The third kappa shape index (κ3) is 10.3. The molecule has 12 rings (SSSR count). The van der Waals surface area contributed by atoms with Gasteiger partial charge in [0.25, 0.3) is 0 Å². The SMILES string of the molecule is C.C.C[C@@]1(O)CC[C@H]2[C@H](CC[C@@H]3[C@@H]2CC[C@]2(C)[C@@H](C(=O)N4CC[C@@H](c5ccccc5)C4)CC[C@@H]32)C1.C[C@@]1(O)CC[C@H]2[C@H](CC[C@@H]3[C@@H]2CC[C@]2(C)[C@@H](C(=O)O)CC[C@@H]32)C1.c1ccc([C@@H]2CCNC2)cc1. The van der Waals surface area contributed by atoms with Gasteiger partial charge in [-0.05, 0) is 236 Å². The monoisotopic (exact) mass is 949 g/mol. The third-order valence-corrected chi connectivity index (χ3v) is 22.2. The van der Waals surface area contributed by atoms with Crippen molar-refractivity contribution in [2.45, 2.75) is 194 Å². The van der Waals surface area contributed by atoms with Gasteiger partial charge in [0.1, 0.15) is 0 Å². The lowest BCUT2D eigenvalue weighted by molar-refractivity contribution is -0.150. The smallest absolute Gasteiger partial charge is 0.307 e. The Balaban J connectivity index is 0.000000154. The summed E-state index contributed by atoms with van der Waals surface area (Å²) in [7, 11) is 0. The van der Waals surface area contributed by atoms with Gasteiger partial charge in [0.15, 0.2) is 0 Å². The highest BCUT2D eigenvalue weighted by atomic mass is 16.4. The first-order valence-corrected chi connectivity index (χ1v) is 27.9. The second kappa shape index (κ2) is 21.0. The van der Waals surface area contributed by atoms with Crippen LogP contribution in [-0.2, 0) is 9.59 Å². The van der Waals surface area contributed by atoms with E-state index in [1.807, 2.05) is 6.92 Å². The lowest BCUT2D eigenvalue weighted by Gasteiger charge is -2.57. The zero-order valence-electron chi connectivity index (χ0n) is 41.9. The topological polar surface area (TPSA) is 110 Å². The number of benzene rings is 2. The van der Waals surface area contributed by atoms with Crippen molar-refractivity contribution in [2.75, 3.05) is 26.2 Å². The fourth-order valence-electron chi connectivity index (χ4n) is 18.8. The van der Waals surface area contributed by atoms with Crippen molar-refractivity contribution in [1.29, 1.82) is 0 Å². The van der Waals surface area contributed by atoms with Crippen LogP contribution in [0.25, 0.3) is 0 Å². The van der Waals surface area contributed by atoms with Gasteiger partial charge in [0, 0.05) is 31.5 Å². The van der Waals surface area contributed by atoms with E-state index in [0.29, 0.717) is 23.7 Å². The quantitative estimate of drug-likeness (QED) is 0.243. The van der Waals surface area contributed by atoms with Gasteiger partial charge in [-0.25, -0.2) is 0 Å². The molecule has 2 aromatic rings. The number of carbonyl (C=O) groups is 2. The number of nitrogens with zero attached hydrogens (tertiary/aromatic N) is 1. The number of rotatable bonds is 4. The minimum Gasteiger partial charge on any atom is -0.481 e. The molecule has 384 valence electrons. The largest absolute Gasteiger partial charge is 0.481 e. The minimum absolute atomic E-state index is 0. The summed E-state index contributed by atoms with van der Waals surface area (Å²) in [6.45, 7) is 13.0. The molecule has 8 saturated carbocycles. The maximum atomic E-state index is 13.8. The van der Waals surface area contributed by atoms with Crippen LogP contribution in [0, 0.1) is 81.8 Å². The second-order valence-electron chi connectivity index (χ2n) is 25.8. The van der Waals surface area contributed by atoms with Crippen LogP contribution in [0.5, 0.6) is 0 Å². The molecule has 10 aliphatic rings. The third-order valence-electron chi connectivity index (χ3n) is 22.2. The molecule has 7 heteroatoms. The Morgan fingerprint density at radius 1 is 0.536 bits per heavy atom. The molecule has 2 aliphatic heterocycles. The van der Waals surface area contributed by atoms with Crippen LogP contribution in [0.1, 0.15) is 194 Å². The van der Waals surface area contributed by atoms with E-state index < -0.39 is 17.2 Å². The van der Waals surface area contributed by atoms with Crippen LogP contribution >= 0.6 is 0 Å². The summed E-state index contributed by atoms with van der Waals surface area (Å²) in [6, 6.07) is 21.6. The van der Waals surface area contributed by atoms with Crippen molar-refractivity contribution in [3.05, 3.63) is 71.8 Å². The molecule has 0 unspecified atom stereocenters. The molecule has 1 amide bonds. The van der Waals surface area contributed by atoms with Crippen LogP contribution in [0.4, 0.5) is 0 Å². The van der Waals surface area contributed by atoms with E-state index in [0.717, 1.165) is 131 Å². The van der Waals surface area contributed by atoms with Gasteiger partial charge in [-0.1, -0.05) is 89.4 Å². The number of fused-ring (bicyclic) bond motifs is 10.